The van der Waals surface area contributed by atoms with Crippen molar-refractivity contribution in [3.63, 3.8) is 0 Å². The summed E-state index contributed by atoms with van der Waals surface area (Å²) in [5.41, 5.74) is 3.84. The molecule has 4 rings (SSSR count). The highest BCUT2D eigenvalue weighted by atomic mass is 16.5. The summed E-state index contributed by atoms with van der Waals surface area (Å²) in [6.07, 6.45) is 2.02. The lowest BCUT2D eigenvalue weighted by Gasteiger charge is -2.39. The molecule has 2 heterocycles. The van der Waals surface area contributed by atoms with Gasteiger partial charge in [-0.15, -0.1) is 0 Å². The Kier molecular flexibility index (Phi) is 4.55. The van der Waals surface area contributed by atoms with E-state index < -0.39 is 0 Å². The van der Waals surface area contributed by atoms with Crippen LogP contribution in [0.1, 0.15) is 34.9 Å². The number of nitrogens with one attached hydrogen (secondary N) is 1. The average molecular weight is 351 g/mol. The van der Waals surface area contributed by atoms with Gasteiger partial charge in [0.15, 0.2) is 0 Å². The first-order chi connectivity index (χ1) is 12.6. The molecule has 0 aliphatic carbocycles. The largest absolute Gasteiger partial charge is 0.378 e. The second kappa shape index (κ2) is 7.00. The molecule has 2 aliphatic rings. The van der Waals surface area contributed by atoms with E-state index in [0.717, 1.165) is 42.0 Å². The van der Waals surface area contributed by atoms with Crippen molar-refractivity contribution < 1.29 is 9.53 Å². The molecule has 1 N–H and O–H groups in total. The Morgan fingerprint density at radius 2 is 1.92 bits per heavy atom. The molecule has 2 aliphatic heterocycles. The minimum Gasteiger partial charge on any atom is -0.378 e. The van der Waals surface area contributed by atoms with E-state index in [4.69, 9.17) is 4.74 Å². The molecule has 5 heteroatoms. The number of carbonyl (C=O) groups is 1. The smallest absolute Gasteiger partial charge is 0.257 e. The van der Waals surface area contributed by atoms with E-state index in [1.165, 1.54) is 0 Å². The summed E-state index contributed by atoms with van der Waals surface area (Å²) in [6.45, 7) is 1.40. The fourth-order valence-electron chi connectivity index (χ4n) is 3.71. The lowest BCUT2D eigenvalue weighted by Crippen LogP contribution is -2.46. The molecule has 1 fully saturated rings. The number of anilines is 2. The van der Waals surface area contributed by atoms with Crippen molar-refractivity contribution in [2.45, 2.75) is 25.1 Å². The van der Waals surface area contributed by atoms with E-state index >= 15 is 0 Å². The number of nitrogens with zero attached hydrogens (tertiary/aromatic N) is 2. The van der Waals surface area contributed by atoms with Gasteiger partial charge in [-0.05, 0) is 42.7 Å². The van der Waals surface area contributed by atoms with Crippen LogP contribution in [0.25, 0.3) is 0 Å². The lowest BCUT2D eigenvalue weighted by atomic mass is 10.0. The Hall–Kier alpha value is -2.53. The molecule has 26 heavy (non-hydrogen) atoms. The first kappa shape index (κ1) is 16.9. The van der Waals surface area contributed by atoms with Crippen molar-refractivity contribution in [1.29, 1.82) is 0 Å². The van der Waals surface area contributed by atoms with Gasteiger partial charge < -0.3 is 19.9 Å². The van der Waals surface area contributed by atoms with E-state index in [1.807, 2.05) is 43.3 Å². The topological polar surface area (TPSA) is 44.8 Å². The minimum absolute atomic E-state index is 0.0662. The Bertz CT molecular complexity index is 782. The molecular weight excluding hydrogens is 326 g/mol. The number of ether oxygens (including phenoxy) is 1. The fourth-order valence-corrected chi connectivity index (χ4v) is 3.71. The molecule has 2 aromatic rings. The second-order valence-corrected chi connectivity index (χ2v) is 7.17. The van der Waals surface area contributed by atoms with Crippen LogP contribution in [0, 0.1) is 0 Å². The maximum absolute atomic E-state index is 13.2. The summed E-state index contributed by atoms with van der Waals surface area (Å²) in [7, 11) is 4.05. The third-order valence-electron chi connectivity index (χ3n) is 5.17. The highest BCUT2D eigenvalue weighted by Crippen LogP contribution is 2.34. The molecular formula is C21H25N3O2. The summed E-state index contributed by atoms with van der Waals surface area (Å²) >= 11 is 0. The summed E-state index contributed by atoms with van der Waals surface area (Å²) in [6, 6.07) is 16.1. The third-order valence-corrected chi connectivity index (χ3v) is 5.17. The second-order valence-electron chi connectivity index (χ2n) is 7.17. The van der Waals surface area contributed by atoms with Gasteiger partial charge in [0.25, 0.3) is 5.91 Å². The predicted octanol–water partition coefficient (Wildman–Crippen LogP) is 3.50. The number of hydrogen-bond acceptors (Lipinski definition) is 4. The SMILES string of the molecule is CN(C)c1ccc([C@H]2Nc3ccccc3C(=O)N2C[C@H]2CCCO2)cc1. The van der Waals surface area contributed by atoms with Gasteiger partial charge >= 0.3 is 0 Å². The van der Waals surface area contributed by atoms with Gasteiger partial charge in [-0.1, -0.05) is 24.3 Å². The van der Waals surface area contributed by atoms with Crippen LogP contribution in [0.15, 0.2) is 48.5 Å². The quantitative estimate of drug-likeness (QED) is 0.916. The first-order valence-corrected chi connectivity index (χ1v) is 9.19. The predicted molar refractivity (Wildman–Crippen MR) is 104 cm³/mol. The molecule has 0 unspecified atom stereocenters. The standard InChI is InChI=1S/C21H25N3O2/c1-23(2)16-11-9-15(10-12-16)20-22-19-8-4-3-7-18(19)21(25)24(20)14-17-6-5-13-26-17/h3-4,7-12,17,20,22H,5-6,13-14H2,1-2H3/t17-,20+/m1/s1. The van der Waals surface area contributed by atoms with Gasteiger partial charge in [0.05, 0.1) is 11.7 Å². The van der Waals surface area contributed by atoms with Crippen LogP contribution >= 0.6 is 0 Å². The van der Waals surface area contributed by atoms with E-state index in [0.29, 0.717) is 6.54 Å². The summed E-state index contributed by atoms with van der Waals surface area (Å²) < 4.78 is 5.80. The summed E-state index contributed by atoms with van der Waals surface area (Å²) in [5.74, 6) is 0.0662. The van der Waals surface area contributed by atoms with Gasteiger partial charge in [-0.3, -0.25) is 4.79 Å². The monoisotopic (exact) mass is 351 g/mol. The Morgan fingerprint density at radius 1 is 1.15 bits per heavy atom. The van der Waals surface area contributed by atoms with Crippen molar-refractivity contribution in [2.24, 2.45) is 0 Å². The number of rotatable bonds is 4. The van der Waals surface area contributed by atoms with Crippen LogP contribution < -0.4 is 10.2 Å². The maximum atomic E-state index is 13.2. The Morgan fingerprint density at radius 3 is 2.62 bits per heavy atom. The molecule has 0 saturated carbocycles. The Labute approximate surface area is 154 Å². The molecule has 0 aromatic heterocycles. The van der Waals surface area contributed by atoms with E-state index in [2.05, 4.69) is 34.5 Å². The van der Waals surface area contributed by atoms with Crippen LogP contribution in [0.4, 0.5) is 11.4 Å². The summed E-state index contributed by atoms with van der Waals surface area (Å²) in [5, 5.41) is 3.55. The van der Waals surface area contributed by atoms with Crippen molar-refractivity contribution in [2.75, 3.05) is 37.5 Å². The van der Waals surface area contributed by atoms with E-state index in [1.54, 1.807) is 0 Å². The average Bonchev–Trinajstić information content (AvgIpc) is 3.17. The molecule has 0 spiro atoms. The normalized spacial score (nSPS) is 22.1. The lowest BCUT2D eigenvalue weighted by molar-refractivity contribution is 0.0427. The minimum atomic E-state index is -0.183. The zero-order valence-electron chi connectivity index (χ0n) is 15.3. The highest BCUT2D eigenvalue weighted by molar-refractivity contribution is 6.01. The van der Waals surface area contributed by atoms with Crippen LogP contribution in [-0.4, -0.2) is 44.2 Å². The van der Waals surface area contributed by atoms with Gasteiger partial charge in [-0.25, -0.2) is 0 Å². The number of fused-ring (bicyclic) bond motifs is 1. The maximum Gasteiger partial charge on any atom is 0.257 e. The van der Waals surface area contributed by atoms with Crippen molar-refractivity contribution >= 4 is 17.3 Å². The molecule has 5 nitrogen and oxygen atoms in total. The van der Waals surface area contributed by atoms with Crippen LogP contribution in [0.3, 0.4) is 0 Å². The Balaban J connectivity index is 1.68. The van der Waals surface area contributed by atoms with E-state index in [9.17, 15) is 4.79 Å². The van der Waals surface area contributed by atoms with Crippen LogP contribution in [0.2, 0.25) is 0 Å². The first-order valence-electron chi connectivity index (χ1n) is 9.19. The third kappa shape index (κ3) is 3.15. The molecule has 1 saturated heterocycles. The number of carbonyl (C=O) groups excluding carboxylic acids is 1. The zero-order chi connectivity index (χ0) is 18.1. The van der Waals surface area contributed by atoms with E-state index in [-0.39, 0.29) is 18.2 Å². The zero-order valence-corrected chi connectivity index (χ0v) is 15.3. The fraction of sp³-hybridized carbons (Fsp3) is 0.381. The van der Waals surface area contributed by atoms with Crippen LogP contribution in [0.5, 0.6) is 0 Å². The molecule has 2 atom stereocenters. The van der Waals surface area contributed by atoms with Crippen molar-refractivity contribution in [1.82, 2.24) is 4.90 Å². The number of benzene rings is 2. The highest BCUT2D eigenvalue weighted by Gasteiger charge is 2.35. The van der Waals surface area contributed by atoms with Gasteiger partial charge in [-0.2, -0.15) is 0 Å². The van der Waals surface area contributed by atoms with Crippen LogP contribution in [-0.2, 0) is 4.74 Å². The molecule has 1 amide bonds. The molecule has 136 valence electrons. The molecule has 0 bridgehead atoms. The van der Waals surface area contributed by atoms with Crippen molar-refractivity contribution in [3.8, 4) is 0 Å². The summed E-state index contributed by atoms with van der Waals surface area (Å²) in [4.78, 5) is 17.2. The van der Waals surface area contributed by atoms with Gasteiger partial charge in [0.2, 0.25) is 0 Å². The number of hydrogen-bond donors (Lipinski definition) is 1. The van der Waals surface area contributed by atoms with Crippen molar-refractivity contribution in [3.05, 3.63) is 59.7 Å². The van der Waals surface area contributed by atoms with Gasteiger partial charge in [0.1, 0.15) is 6.17 Å². The molecule has 0 radical (unpaired) electrons. The molecule has 2 aromatic carbocycles. The number of amides is 1. The number of para-hydroxylation sites is 1. The van der Waals surface area contributed by atoms with Gasteiger partial charge in [0, 0.05) is 38.6 Å².